The molecule has 2 heterocycles. The molecule has 9 heteroatoms. The summed E-state index contributed by atoms with van der Waals surface area (Å²) in [5, 5.41) is 10.8. The van der Waals surface area contributed by atoms with Crippen molar-refractivity contribution in [3.63, 3.8) is 0 Å². The molecule has 31 heavy (non-hydrogen) atoms. The van der Waals surface area contributed by atoms with E-state index in [1.165, 1.54) is 22.8 Å². The van der Waals surface area contributed by atoms with Crippen LogP contribution in [0.3, 0.4) is 0 Å². The quantitative estimate of drug-likeness (QED) is 0.414. The molecule has 2 aromatic heterocycles. The Balaban J connectivity index is 1.37. The molecule has 160 valence electrons. The van der Waals surface area contributed by atoms with E-state index < -0.39 is 0 Å². The zero-order valence-electron chi connectivity index (χ0n) is 17.4. The van der Waals surface area contributed by atoms with Crippen molar-refractivity contribution in [2.24, 2.45) is 0 Å². The first-order chi connectivity index (χ1) is 15.0. The number of carbonyl (C=O) groups excluding carboxylic acids is 2. The summed E-state index contributed by atoms with van der Waals surface area (Å²) in [6.07, 6.45) is 5.16. The van der Waals surface area contributed by atoms with Crippen LogP contribution in [0.25, 0.3) is 5.82 Å². The normalized spacial score (nSPS) is 13.3. The molecule has 0 unspecified atom stereocenters. The average Bonchev–Trinajstić information content (AvgIpc) is 3.43. The lowest BCUT2D eigenvalue weighted by molar-refractivity contribution is -0.113. The van der Waals surface area contributed by atoms with Crippen LogP contribution in [-0.2, 0) is 4.79 Å². The summed E-state index contributed by atoms with van der Waals surface area (Å²) in [5.74, 6) is 0.795. The van der Waals surface area contributed by atoms with Crippen molar-refractivity contribution in [3.05, 3.63) is 60.2 Å². The molecule has 0 saturated heterocycles. The fourth-order valence-electron chi connectivity index (χ4n) is 3.03. The third-order valence-electron chi connectivity index (χ3n) is 4.80. The van der Waals surface area contributed by atoms with E-state index in [2.05, 4.69) is 39.5 Å². The summed E-state index contributed by atoms with van der Waals surface area (Å²) in [5.41, 5.74) is 2.29. The highest BCUT2D eigenvalue weighted by atomic mass is 32.2. The van der Waals surface area contributed by atoms with Crippen LogP contribution in [0.4, 0.5) is 5.69 Å². The van der Waals surface area contributed by atoms with Crippen LogP contribution in [0.15, 0.2) is 53.9 Å². The number of nitrogens with zero attached hydrogens (tertiary/aromatic N) is 4. The molecule has 0 radical (unpaired) electrons. The number of para-hydroxylation sites is 1. The third-order valence-corrected chi connectivity index (χ3v) is 5.73. The molecule has 1 fully saturated rings. The van der Waals surface area contributed by atoms with E-state index in [0.29, 0.717) is 22.5 Å². The molecule has 8 nitrogen and oxygen atoms in total. The molecular formula is C22H24N6O2S. The zero-order valence-corrected chi connectivity index (χ0v) is 18.2. The molecule has 1 aromatic carbocycles. The number of carbonyl (C=O) groups is 2. The Bertz CT molecular complexity index is 1090. The molecule has 1 saturated carbocycles. The van der Waals surface area contributed by atoms with Gasteiger partial charge in [-0.2, -0.15) is 5.10 Å². The number of aromatic nitrogens is 4. The Morgan fingerprint density at radius 1 is 1.19 bits per heavy atom. The molecular weight excluding hydrogens is 412 g/mol. The maximum Gasteiger partial charge on any atom is 0.272 e. The average molecular weight is 437 g/mol. The maximum atomic E-state index is 12.4. The van der Waals surface area contributed by atoms with Crippen molar-refractivity contribution in [2.75, 3.05) is 11.1 Å². The van der Waals surface area contributed by atoms with Crippen LogP contribution in [-0.4, -0.2) is 43.4 Å². The lowest BCUT2D eigenvalue weighted by Crippen LogP contribution is -2.25. The van der Waals surface area contributed by atoms with Crippen LogP contribution in [0.2, 0.25) is 0 Å². The summed E-state index contributed by atoms with van der Waals surface area (Å²) in [7, 11) is 0. The van der Waals surface area contributed by atoms with Crippen molar-refractivity contribution >= 4 is 29.3 Å². The van der Waals surface area contributed by atoms with Gasteiger partial charge in [-0.15, -0.1) is 0 Å². The zero-order chi connectivity index (χ0) is 21.8. The second-order valence-electron chi connectivity index (χ2n) is 7.69. The summed E-state index contributed by atoms with van der Waals surface area (Å²) in [6, 6.07) is 11.5. The number of nitrogens with one attached hydrogen (secondary N) is 2. The van der Waals surface area contributed by atoms with E-state index in [9.17, 15) is 9.59 Å². The van der Waals surface area contributed by atoms with Gasteiger partial charge in [-0.3, -0.25) is 9.59 Å². The Labute approximate surface area is 184 Å². The van der Waals surface area contributed by atoms with Crippen molar-refractivity contribution in [1.82, 2.24) is 25.1 Å². The third kappa shape index (κ3) is 5.49. The van der Waals surface area contributed by atoms with Crippen molar-refractivity contribution in [1.29, 1.82) is 0 Å². The molecule has 0 atom stereocenters. The van der Waals surface area contributed by atoms with Crippen LogP contribution < -0.4 is 10.6 Å². The number of benzene rings is 1. The van der Waals surface area contributed by atoms with E-state index in [1.54, 1.807) is 18.3 Å². The monoisotopic (exact) mass is 436 g/mol. The number of thioether (sulfide) groups is 1. The van der Waals surface area contributed by atoms with Crippen LogP contribution in [0.5, 0.6) is 0 Å². The number of rotatable bonds is 8. The van der Waals surface area contributed by atoms with Gasteiger partial charge >= 0.3 is 0 Å². The highest BCUT2D eigenvalue weighted by Crippen LogP contribution is 2.24. The molecule has 0 spiro atoms. The van der Waals surface area contributed by atoms with Crippen LogP contribution >= 0.6 is 11.8 Å². The second kappa shape index (κ2) is 9.30. The molecule has 2 N–H and O–H groups in total. The first-order valence-electron chi connectivity index (χ1n) is 10.2. The summed E-state index contributed by atoms with van der Waals surface area (Å²) in [4.78, 5) is 33.0. The molecule has 3 aromatic rings. The van der Waals surface area contributed by atoms with Crippen molar-refractivity contribution in [2.45, 2.75) is 43.7 Å². The summed E-state index contributed by atoms with van der Waals surface area (Å²) in [6.45, 7) is 4.19. The van der Waals surface area contributed by atoms with Gasteiger partial charge in [0.25, 0.3) is 5.91 Å². The van der Waals surface area contributed by atoms with E-state index >= 15 is 0 Å². The standard InChI is InChI=1S/C22H24N6O2S/c1-14(2)16-5-3-4-6-17(16)26-20(29)12-31-21-11-19(23-13-24-21)28-10-9-18(27-28)22(30)25-15-7-8-15/h3-6,9-11,13-15H,7-8,12H2,1-2H3,(H,25,30)(H,26,29). The highest BCUT2D eigenvalue weighted by molar-refractivity contribution is 7.99. The molecule has 0 aliphatic heterocycles. The van der Waals surface area contributed by atoms with Gasteiger partial charge in [-0.25, -0.2) is 14.6 Å². The van der Waals surface area contributed by atoms with Gasteiger partial charge in [0.15, 0.2) is 11.5 Å². The Morgan fingerprint density at radius 2 is 2.00 bits per heavy atom. The molecule has 0 bridgehead atoms. The minimum atomic E-state index is -0.178. The predicted octanol–water partition coefficient (Wildman–Crippen LogP) is 3.41. The smallest absolute Gasteiger partial charge is 0.272 e. The second-order valence-corrected chi connectivity index (χ2v) is 8.68. The Hall–Kier alpha value is -3.20. The fourth-order valence-corrected chi connectivity index (χ4v) is 3.70. The number of hydrogen-bond donors (Lipinski definition) is 2. The Morgan fingerprint density at radius 3 is 2.77 bits per heavy atom. The maximum absolute atomic E-state index is 12.4. The predicted molar refractivity (Wildman–Crippen MR) is 120 cm³/mol. The van der Waals surface area contributed by atoms with Gasteiger partial charge in [-0.1, -0.05) is 43.8 Å². The SMILES string of the molecule is CC(C)c1ccccc1NC(=O)CSc1cc(-n2ccc(C(=O)NC3CC3)n2)ncn1. The van der Waals surface area contributed by atoms with Crippen LogP contribution in [0, 0.1) is 0 Å². The van der Waals surface area contributed by atoms with E-state index in [0.717, 1.165) is 24.1 Å². The minimum Gasteiger partial charge on any atom is -0.348 e. The minimum absolute atomic E-state index is 0.101. The van der Waals surface area contributed by atoms with E-state index in [4.69, 9.17) is 0 Å². The summed E-state index contributed by atoms with van der Waals surface area (Å²) < 4.78 is 1.53. The Kier molecular flexibility index (Phi) is 6.31. The highest BCUT2D eigenvalue weighted by Gasteiger charge is 2.24. The van der Waals surface area contributed by atoms with Gasteiger partial charge in [-0.05, 0) is 36.5 Å². The number of anilines is 1. The lowest BCUT2D eigenvalue weighted by Gasteiger charge is -2.13. The van der Waals surface area contributed by atoms with Crippen LogP contribution in [0.1, 0.15) is 48.7 Å². The fraction of sp³-hybridized carbons (Fsp3) is 0.318. The molecule has 1 aliphatic rings. The van der Waals surface area contributed by atoms with Gasteiger partial charge in [0.1, 0.15) is 11.4 Å². The lowest BCUT2D eigenvalue weighted by atomic mass is 10.0. The molecule has 4 rings (SSSR count). The largest absolute Gasteiger partial charge is 0.348 e. The topological polar surface area (TPSA) is 102 Å². The van der Waals surface area contributed by atoms with E-state index in [1.807, 2.05) is 24.3 Å². The van der Waals surface area contributed by atoms with Gasteiger partial charge in [0, 0.05) is 24.0 Å². The van der Waals surface area contributed by atoms with Crippen molar-refractivity contribution in [3.8, 4) is 5.82 Å². The van der Waals surface area contributed by atoms with E-state index in [-0.39, 0.29) is 23.6 Å². The van der Waals surface area contributed by atoms with Gasteiger partial charge in [0.2, 0.25) is 5.91 Å². The first-order valence-corrected chi connectivity index (χ1v) is 11.2. The number of hydrogen-bond acceptors (Lipinski definition) is 6. The number of amides is 2. The molecule has 2 amide bonds. The van der Waals surface area contributed by atoms with Gasteiger partial charge < -0.3 is 10.6 Å². The summed E-state index contributed by atoms with van der Waals surface area (Å²) >= 11 is 1.32. The van der Waals surface area contributed by atoms with Gasteiger partial charge in [0.05, 0.1) is 5.75 Å². The molecule has 1 aliphatic carbocycles. The van der Waals surface area contributed by atoms with Crippen molar-refractivity contribution < 1.29 is 9.59 Å². The first kappa shape index (κ1) is 21.0.